The standard InChI is InChI=1S/C18H19NO4S/c1-23-14-5-3-4-12(10-14)16-11-17(16)18(20)19-13-6-8-15(9-7-13)24(2,21)22/h3-10,16-17H,11H2,1-2H3,(H,19,20)/t16-,17+/m0/s1. The summed E-state index contributed by atoms with van der Waals surface area (Å²) in [7, 11) is -1.61. The molecule has 2 aromatic rings. The van der Waals surface area contributed by atoms with Crippen molar-refractivity contribution in [2.24, 2.45) is 5.92 Å². The van der Waals surface area contributed by atoms with Crippen LogP contribution in [0, 0.1) is 5.92 Å². The summed E-state index contributed by atoms with van der Waals surface area (Å²) in [6.07, 6.45) is 1.96. The Balaban J connectivity index is 1.64. The van der Waals surface area contributed by atoms with E-state index in [0.717, 1.165) is 24.0 Å². The lowest BCUT2D eigenvalue weighted by molar-refractivity contribution is -0.117. The maximum atomic E-state index is 12.3. The Morgan fingerprint density at radius 1 is 1.17 bits per heavy atom. The summed E-state index contributed by atoms with van der Waals surface area (Å²) in [4.78, 5) is 12.6. The molecule has 1 fully saturated rings. The van der Waals surface area contributed by atoms with Gasteiger partial charge in [0, 0.05) is 17.9 Å². The Bertz CT molecular complexity index is 859. The number of methoxy groups -OCH3 is 1. The first-order valence-corrected chi connectivity index (χ1v) is 9.52. The van der Waals surface area contributed by atoms with Gasteiger partial charge in [-0.3, -0.25) is 4.79 Å². The van der Waals surface area contributed by atoms with E-state index in [0.29, 0.717) is 5.69 Å². The molecule has 0 saturated heterocycles. The Morgan fingerprint density at radius 3 is 2.50 bits per heavy atom. The molecule has 24 heavy (non-hydrogen) atoms. The smallest absolute Gasteiger partial charge is 0.228 e. The van der Waals surface area contributed by atoms with Gasteiger partial charge in [-0.15, -0.1) is 0 Å². The lowest BCUT2D eigenvalue weighted by Gasteiger charge is -2.07. The van der Waals surface area contributed by atoms with Crippen molar-refractivity contribution in [3.05, 3.63) is 54.1 Å². The van der Waals surface area contributed by atoms with Gasteiger partial charge in [-0.2, -0.15) is 0 Å². The van der Waals surface area contributed by atoms with Crippen molar-refractivity contribution in [2.75, 3.05) is 18.7 Å². The summed E-state index contributed by atoms with van der Waals surface area (Å²) in [5.74, 6) is 0.881. The summed E-state index contributed by atoms with van der Waals surface area (Å²) in [5.41, 5.74) is 1.70. The number of hydrogen-bond donors (Lipinski definition) is 1. The van der Waals surface area contributed by atoms with Crippen molar-refractivity contribution in [1.29, 1.82) is 0 Å². The molecule has 2 aromatic carbocycles. The van der Waals surface area contributed by atoms with E-state index in [1.165, 1.54) is 12.1 Å². The zero-order chi connectivity index (χ0) is 17.3. The highest BCUT2D eigenvalue weighted by molar-refractivity contribution is 7.90. The third-order valence-electron chi connectivity index (χ3n) is 4.20. The Kier molecular flexibility index (Phi) is 4.32. The molecule has 1 aliphatic carbocycles. The zero-order valence-electron chi connectivity index (χ0n) is 13.5. The van der Waals surface area contributed by atoms with Crippen LogP contribution in [-0.4, -0.2) is 27.7 Å². The number of rotatable bonds is 5. The van der Waals surface area contributed by atoms with E-state index in [9.17, 15) is 13.2 Å². The second-order valence-corrected chi connectivity index (χ2v) is 8.03. The fraction of sp³-hybridized carbons (Fsp3) is 0.278. The molecule has 1 amide bonds. The number of anilines is 1. The molecule has 1 saturated carbocycles. The summed E-state index contributed by atoms with van der Waals surface area (Å²) in [6, 6.07) is 14.0. The number of ether oxygens (including phenoxy) is 1. The Labute approximate surface area is 141 Å². The molecule has 5 nitrogen and oxygen atoms in total. The summed E-state index contributed by atoms with van der Waals surface area (Å²) < 4.78 is 28.1. The summed E-state index contributed by atoms with van der Waals surface area (Å²) in [5, 5.41) is 2.85. The van der Waals surface area contributed by atoms with E-state index < -0.39 is 9.84 Å². The van der Waals surface area contributed by atoms with E-state index in [2.05, 4.69) is 5.32 Å². The number of carbonyl (C=O) groups is 1. The second-order valence-electron chi connectivity index (χ2n) is 6.01. The minimum absolute atomic E-state index is 0.0464. The quantitative estimate of drug-likeness (QED) is 0.904. The highest BCUT2D eigenvalue weighted by atomic mass is 32.2. The average molecular weight is 345 g/mol. The largest absolute Gasteiger partial charge is 0.497 e. The van der Waals surface area contributed by atoms with Gasteiger partial charge >= 0.3 is 0 Å². The fourth-order valence-corrected chi connectivity index (χ4v) is 3.38. The molecule has 0 spiro atoms. The first kappa shape index (κ1) is 16.5. The van der Waals surface area contributed by atoms with Gasteiger partial charge in [0.25, 0.3) is 0 Å². The van der Waals surface area contributed by atoms with Crippen molar-refractivity contribution in [3.63, 3.8) is 0 Å². The minimum Gasteiger partial charge on any atom is -0.497 e. The highest BCUT2D eigenvalue weighted by Crippen LogP contribution is 2.48. The van der Waals surface area contributed by atoms with Gasteiger partial charge in [0.2, 0.25) is 5.91 Å². The summed E-state index contributed by atoms with van der Waals surface area (Å²) in [6.45, 7) is 0. The number of benzene rings is 2. The lowest BCUT2D eigenvalue weighted by atomic mass is 10.1. The first-order valence-electron chi connectivity index (χ1n) is 7.63. The van der Waals surface area contributed by atoms with E-state index in [-0.39, 0.29) is 22.6 Å². The van der Waals surface area contributed by atoms with Crippen molar-refractivity contribution < 1.29 is 17.9 Å². The first-order chi connectivity index (χ1) is 11.4. The molecule has 0 radical (unpaired) electrons. The number of hydrogen-bond acceptors (Lipinski definition) is 4. The third-order valence-corrected chi connectivity index (χ3v) is 5.33. The predicted molar refractivity (Wildman–Crippen MR) is 92.0 cm³/mol. The van der Waals surface area contributed by atoms with Gasteiger partial charge in [0.05, 0.1) is 12.0 Å². The highest BCUT2D eigenvalue weighted by Gasteiger charge is 2.44. The molecule has 3 rings (SSSR count). The predicted octanol–water partition coefficient (Wildman–Crippen LogP) is 2.84. The van der Waals surface area contributed by atoms with Gasteiger partial charge in [-0.05, 0) is 54.3 Å². The maximum absolute atomic E-state index is 12.3. The van der Waals surface area contributed by atoms with E-state index in [4.69, 9.17) is 4.74 Å². The Hall–Kier alpha value is -2.34. The molecule has 1 aliphatic rings. The normalized spacial score (nSPS) is 19.6. The summed E-state index contributed by atoms with van der Waals surface area (Å²) >= 11 is 0. The minimum atomic E-state index is -3.23. The fourth-order valence-electron chi connectivity index (χ4n) is 2.75. The van der Waals surface area contributed by atoms with Crippen LogP contribution in [0.1, 0.15) is 17.9 Å². The number of amides is 1. The molecule has 0 unspecified atom stereocenters. The van der Waals surface area contributed by atoms with Gasteiger partial charge in [-0.1, -0.05) is 12.1 Å². The van der Waals surface area contributed by atoms with Crippen LogP contribution in [-0.2, 0) is 14.6 Å². The van der Waals surface area contributed by atoms with Gasteiger partial charge in [0.15, 0.2) is 9.84 Å². The molecule has 2 atom stereocenters. The molecular weight excluding hydrogens is 326 g/mol. The molecule has 0 aliphatic heterocycles. The van der Waals surface area contributed by atoms with Crippen LogP contribution in [0.3, 0.4) is 0 Å². The number of carbonyl (C=O) groups excluding carboxylic acids is 1. The maximum Gasteiger partial charge on any atom is 0.228 e. The number of sulfone groups is 1. The number of nitrogens with one attached hydrogen (secondary N) is 1. The van der Waals surface area contributed by atoms with Crippen LogP contribution >= 0.6 is 0 Å². The van der Waals surface area contributed by atoms with Crippen LogP contribution in [0.2, 0.25) is 0 Å². The van der Waals surface area contributed by atoms with Crippen molar-refractivity contribution >= 4 is 21.4 Å². The lowest BCUT2D eigenvalue weighted by Crippen LogP contribution is -2.14. The van der Waals surface area contributed by atoms with Crippen molar-refractivity contribution in [2.45, 2.75) is 17.2 Å². The molecule has 0 bridgehead atoms. The van der Waals surface area contributed by atoms with Gasteiger partial charge in [0.1, 0.15) is 5.75 Å². The molecule has 0 aromatic heterocycles. The molecular formula is C18H19NO4S. The van der Waals surface area contributed by atoms with E-state index >= 15 is 0 Å². The molecule has 6 heteroatoms. The van der Waals surface area contributed by atoms with Crippen LogP contribution < -0.4 is 10.1 Å². The van der Waals surface area contributed by atoms with Crippen molar-refractivity contribution in [1.82, 2.24) is 0 Å². The molecule has 1 N–H and O–H groups in total. The van der Waals surface area contributed by atoms with Crippen LogP contribution in [0.5, 0.6) is 5.75 Å². The van der Waals surface area contributed by atoms with E-state index in [1.807, 2.05) is 24.3 Å². The Morgan fingerprint density at radius 2 is 1.88 bits per heavy atom. The van der Waals surface area contributed by atoms with Crippen LogP contribution in [0.25, 0.3) is 0 Å². The van der Waals surface area contributed by atoms with Crippen LogP contribution in [0.15, 0.2) is 53.4 Å². The molecule has 126 valence electrons. The average Bonchev–Trinajstić information content (AvgIpc) is 3.35. The third kappa shape index (κ3) is 3.59. The van der Waals surface area contributed by atoms with E-state index in [1.54, 1.807) is 19.2 Å². The van der Waals surface area contributed by atoms with Gasteiger partial charge in [-0.25, -0.2) is 8.42 Å². The second kappa shape index (κ2) is 6.28. The zero-order valence-corrected chi connectivity index (χ0v) is 14.3. The van der Waals surface area contributed by atoms with Crippen LogP contribution in [0.4, 0.5) is 5.69 Å². The topological polar surface area (TPSA) is 72.5 Å². The monoisotopic (exact) mass is 345 g/mol. The van der Waals surface area contributed by atoms with Gasteiger partial charge < -0.3 is 10.1 Å². The molecule has 0 heterocycles. The SMILES string of the molecule is COc1cccc([C@@H]2C[C@H]2C(=O)Nc2ccc(S(C)(=O)=O)cc2)c1. The van der Waals surface area contributed by atoms with Crippen molar-refractivity contribution in [3.8, 4) is 5.75 Å².